The highest BCUT2D eigenvalue weighted by atomic mass is 16.2. The van der Waals surface area contributed by atoms with Gasteiger partial charge in [-0.05, 0) is 38.1 Å². The minimum absolute atomic E-state index is 0.0251. The van der Waals surface area contributed by atoms with Crippen molar-refractivity contribution < 1.29 is 4.79 Å². The van der Waals surface area contributed by atoms with Gasteiger partial charge in [-0.15, -0.1) is 6.42 Å². The first-order valence-corrected chi connectivity index (χ1v) is 5.77. The average Bonchev–Trinajstić information content (AvgIpc) is 2.88. The molecule has 1 aliphatic carbocycles. The molecule has 1 amide bonds. The molecule has 1 aliphatic heterocycles. The van der Waals surface area contributed by atoms with Crippen LogP contribution in [-0.4, -0.2) is 36.5 Å². The van der Waals surface area contributed by atoms with Crippen molar-refractivity contribution >= 4 is 5.91 Å². The summed E-state index contributed by atoms with van der Waals surface area (Å²) in [5.41, 5.74) is 0. The van der Waals surface area contributed by atoms with Crippen molar-refractivity contribution in [2.45, 2.75) is 31.7 Å². The van der Waals surface area contributed by atoms with Crippen LogP contribution in [0.1, 0.15) is 25.7 Å². The predicted octanol–water partition coefficient (Wildman–Crippen LogP) is 0.610. The standard InChI is InChI=1S/C12H18N2O/c1-2-8-14(9-10-5-6-10)12(15)11-4-3-7-13-11/h1,10-11,13H,3-9H2/t11-/m0/s1. The maximum absolute atomic E-state index is 12.1. The van der Waals surface area contributed by atoms with Crippen LogP contribution < -0.4 is 5.32 Å². The maximum Gasteiger partial charge on any atom is 0.240 e. The van der Waals surface area contributed by atoms with E-state index in [0.29, 0.717) is 12.5 Å². The van der Waals surface area contributed by atoms with Gasteiger partial charge in [0.2, 0.25) is 5.91 Å². The van der Waals surface area contributed by atoms with Gasteiger partial charge in [-0.3, -0.25) is 4.79 Å². The smallest absolute Gasteiger partial charge is 0.240 e. The van der Waals surface area contributed by atoms with Crippen LogP contribution in [0.15, 0.2) is 0 Å². The van der Waals surface area contributed by atoms with Gasteiger partial charge in [0.15, 0.2) is 0 Å². The van der Waals surface area contributed by atoms with Crippen LogP contribution in [0.3, 0.4) is 0 Å². The molecule has 0 aromatic heterocycles. The van der Waals surface area contributed by atoms with Crippen LogP contribution >= 0.6 is 0 Å². The van der Waals surface area contributed by atoms with Crippen molar-refractivity contribution in [3.8, 4) is 12.3 Å². The van der Waals surface area contributed by atoms with E-state index < -0.39 is 0 Å². The number of nitrogens with zero attached hydrogens (tertiary/aromatic N) is 1. The monoisotopic (exact) mass is 206 g/mol. The molecule has 0 aromatic rings. The van der Waals surface area contributed by atoms with Crippen molar-refractivity contribution in [2.75, 3.05) is 19.6 Å². The Kier molecular flexibility index (Phi) is 3.27. The van der Waals surface area contributed by atoms with Gasteiger partial charge in [0, 0.05) is 6.54 Å². The minimum atomic E-state index is 0.0251. The van der Waals surface area contributed by atoms with Gasteiger partial charge in [-0.25, -0.2) is 0 Å². The number of terminal acetylenes is 1. The Labute approximate surface area is 91.2 Å². The Morgan fingerprint density at radius 3 is 2.80 bits per heavy atom. The molecule has 1 saturated carbocycles. The Morgan fingerprint density at radius 2 is 2.27 bits per heavy atom. The molecule has 1 heterocycles. The predicted molar refractivity (Wildman–Crippen MR) is 59.2 cm³/mol. The van der Waals surface area contributed by atoms with Crippen LogP contribution in [0.4, 0.5) is 0 Å². The van der Waals surface area contributed by atoms with Crippen LogP contribution in [-0.2, 0) is 4.79 Å². The van der Waals surface area contributed by atoms with Crippen LogP contribution in [0, 0.1) is 18.3 Å². The highest BCUT2D eigenvalue weighted by Crippen LogP contribution is 2.30. The molecule has 3 heteroatoms. The number of rotatable bonds is 4. The van der Waals surface area contributed by atoms with E-state index in [4.69, 9.17) is 6.42 Å². The summed E-state index contributed by atoms with van der Waals surface area (Å²) in [5, 5.41) is 3.23. The molecule has 2 aliphatic rings. The molecule has 0 unspecified atom stereocenters. The molecule has 0 spiro atoms. The Bertz CT molecular complexity index is 272. The minimum Gasteiger partial charge on any atom is -0.330 e. The molecule has 82 valence electrons. The van der Waals surface area contributed by atoms with E-state index in [2.05, 4.69) is 11.2 Å². The van der Waals surface area contributed by atoms with E-state index in [1.165, 1.54) is 12.8 Å². The highest BCUT2D eigenvalue weighted by Gasteiger charge is 2.30. The number of nitrogens with one attached hydrogen (secondary N) is 1. The van der Waals surface area contributed by atoms with Crippen LogP contribution in [0.2, 0.25) is 0 Å². The fourth-order valence-corrected chi connectivity index (χ4v) is 2.07. The molecular weight excluding hydrogens is 188 g/mol. The molecule has 2 rings (SSSR count). The van der Waals surface area contributed by atoms with Crippen molar-refractivity contribution in [3.63, 3.8) is 0 Å². The fraction of sp³-hybridized carbons (Fsp3) is 0.750. The largest absolute Gasteiger partial charge is 0.330 e. The third-order valence-electron chi connectivity index (χ3n) is 3.13. The van der Waals surface area contributed by atoms with Crippen LogP contribution in [0.25, 0.3) is 0 Å². The summed E-state index contributed by atoms with van der Waals surface area (Å²) >= 11 is 0. The van der Waals surface area contributed by atoms with E-state index in [1.54, 1.807) is 0 Å². The maximum atomic E-state index is 12.1. The summed E-state index contributed by atoms with van der Waals surface area (Å²) in [6, 6.07) is 0.0251. The van der Waals surface area contributed by atoms with E-state index in [0.717, 1.165) is 25.9 Å². The molecule has 1 saturated heterocycles. The second kappa shape index (κ2) is 4.67. The zero-order valence-electron chi connectivity index (χ0n) is 9.04. The van der Waals surface area contributed by atoms with Crippen LogP contribution in [0.5, 0.6) is 0 Å². The van der Waals surface area contributed by atoms with Crippen molar-refractivity contribution in [1.29, 1.82) is 0 Å². The van der Waals surface area contributed by atoms with E-state index in [-0.39, 0.29) is 11.9 Å². The molecule has 0 radical (unpaired) electrons. The van der Waals surface area contributed by atoms with Gasteiger partial charge in [0.25, 0.3) is 0 Å². The zero-order valence-corrected chi connectivity index (χ0v) is 9.04. The van der Waals surface area contributed by atoms with Crippen molar-refractivity contribution in [2.24, 2.45) is 5.92 Å². The molecule has 0 bridgehead atoms. The zero-order chi connectivity index (χ0) is 10.7. The summed E-state index contributed by atoms with van der Waals surface area (Å²) in [7, 11) is 0. The van der Waals surface area contributed by atoms with Gasteiger partial charge < -0.3 is 10.2 Å². The summed E-state index contributed by atoms with van der Waals surface area (Å²) in [6.45, 7) is 2.29. The van der Waals surface area contributed by atoms with E-state index in [1.807, 2.05) is 4.90 Å². The molecule has 15 heavy (non-hydrogen) atoms. The average molecular weight is 206 g/mol. The number of hydrogen-bond donors (Lipinski definition) is 1. The lowest BCUT2D eigenvalue weighted by molar-refractivity contribution is -0.132. The molecule has 1 atom stereocenters. The van der Waals surface area contributed by atoms with Crippen molar-refractivity contribution in [1.82, 2.24) is 10.2 Å². The lowest BCUT2D eigenvalue weighted by Crippen LogP contribution is -2.44. The Morgan fingerprint density at radius 1 is 1.47 bits per heavy atom. The quantitative estimate of drug-likeness (QED) is 0.684. The second-order valence-electron chi connectivity index (χ2n) is 4.52. The second-order valence-corrected chi connectivity index (χ2v) is 4.52. The summed E-state index contributed by atoms with van der Waals surface area (Å²) < 4.78 is 0. The molecular formula is C12H18N2O. The summed E-state index contributed by atoms with van der Waals surface area (Å²) in [6.07, 6.45) is 9.87. The highest BCUT2D eigenvalue weighted by molar-refractivity contribution is 5.82. The Balaban J connectivity index is 1.89. The number of hydrogen-bond acceptors (Lipinski definition) is 2. The number of carbonyl (C=O) groups excluding carboxylic acids is 1. The third-order valence-corrected chi connectivity index (χ3v) is 3.13. The molecule has 0 aromatic carbocycles. The van der Waals surface area contributed by atoms with E-state index in [9.17, 15) is 4.79 Å². The lowest BCUT2D eigenvalue weighted by Gasteiger charge is -2.23. The normalized spacial score (nSPS) is 24.9. The number of carbonyl (C=O) groups is 1. The first-order chi connectivity index (χ1) is 7.31. The van der Waals surface area contributed by atoms with Gasteiger partial charge in [-0.2, -0.15) is 0 Å². The van der Waals surface area contributed by atoms with E-state index >= 15 is 0 Å². The van der Waals surface area contributed by atoms with Gasteiger partial charge in [-0.1, -0.05) is 5.92 Å². The molecule has 3 nitrogen and oxygen atoms in total. The first-order valence-electron chi connectivity index (χ1n) is 5.77. The summed E-state index contributed by atoms with van der Waals surface area (Å²) in [5.74, 6) is 3.50. The van der Waals surface area contributed by atoms with Gasteiger partial charge in [0.1, 0.15) is 0 Å². The topological polar surface area (TPSA) is 32.3 Å². The Hall–Kier alpha value is -1.01. The number of amides is 1. The third kappa shape index (κ3) is 2.73. The van der Waals surface area contributed by atoms with Gasteiger partial charge >= 0.3 is 0 Å². The van der Waals surface area contributed by atoms with Gasteiger partial charge in [0.05, 0.1) is 12.6 Å². The van der Waals surface area contributed by atoms with Crippen molar-refractivity contribution in [3.05, 3.63) is 0 Å². The SMILES string of the molecule is C#CCN(CC1CC1)C(=O)[C@@H]1CCCN1. The lowest BCUT2D eigenvalue weighted by atomic mass is 10.2. The summed E-state index contributed by atoms with van der Waals surface area (Å²) in [4.78, 5) is 13.9. The molecule has 1 N–H and O–H groups in total. The molecule has 2 fully saturated rings. The fourth-order valence-electron chi connectivity index (χ4n) is 2.07. The first kappa shape index (κ1) is 10.5.